The molecule has 0 saturated carbocycles. The Balaban J connectivity index is 0.00000364. The Morgan fingerprint density at radius 1 is 1.26 bits per heavy atom. The molecule has 154 valence electrons. The van der Waals surface area contributed by atoms with E-state index >= 15 is 0 Å². The zero-order chi connectivity index (χ0) is 19.4. The summed E-state index contributed by atoms with van der Waals surface area (Å²) < 4.78 is 29.4. The van der Waals surface area contributed by atoms with Gasteiger partial charge in [-0.05, 0) is 57.9 Å². The third-order valence-corrected chi connectivity index (χ3v) is 7.03. The van der Waals surface area contributed by atoms with Gasteiger partial charge in [0.2, 0.25) is 0 Å². The molecule has 1 heterocycles. The number of aryl methyl sites for hydroxylation is 2. The van der Waals surface area contributed by atoms with Crippen LogP contribution in [-0.2, 0) is 9.84 Å². The molecular formula is C19H32IN3O3S. The van der Waals surface area contributed by atoms with Gasteiger partial charge in [-0.25, -0.2) is 13.4 Å². The molecule has 0 atom stereocenters. The van der Waals surface area contributed by atoms with E-state index in [-0.39, 0.29) is 29.7 Å². The summed E-state index contributed by atoms with van der Waals surface area (Å²) in [6.45, 7) is 12.3. The van der Waals surface area contributed by atoms with Crippen molar-refractivity contribution in [1.82, 2.24) is 10.2 Å². The van der Waals surface area contributed by atoms with Crippen molar-refractivity contribution >= 4 is 39.8 Å². The first-order valence-electron chi connectivity index (χ1n) is 9.11. The summed E-state index contributed by atoms with van der Waals surface area (Å²) in [5.41, 5.74) is 2.35. The van der Waals surface area contributed by atoms with Crippen molar-refractivity contribution in [3.8, 4) is 5.75 Å². The number of guanidine groups is 1. The van der Waals surface area contributed by atoms with Crippen molar-refractivity contribution in [3.05, 3.63) is 29.3 Å². The molecule has 1 aromatic rings. The van der Waals surface area contributed by atoms with Gasteiger partial charge in [0.15, 0.2) is 15.8 Å². The molecule has 2 rings (SSSR count). The molecule has 1 fully saturated rings. The van der Waals surface area contributed by atoms with Crippen molar-refractivity contribution in [1.29, 1.82) is 0 Å². The van der Waals surface area contributed by atoms with Crippen LogP contribution in [0, 0.1) is 13.8 Å². The van der Waals surface area contributed by atoms with Crippen LogP contribution in [0.2, 0.25) is 0 Å². The van der Waals surface area contributed by atoms with Gasteiger partial charge in [-0.2, -0.15) is 0 Å². The first-order chi connectivity index (χ1) is 12.1. The van der Waals surface area contributed by atoms with E-state index in [9.17, 15) is 8.42 Å². The van der Waals surface area contributed by atoms with Gasteiger partial charge in [0, 0.05) is 19.6 Å². The minimum absolute atomic E-state index is 0. The van der Waals surface area contributed by atoms with Crippen LogP contribution < -0.4 is 10.1 Å². The van der Waals surface area contributed by atoms with Gasteiger partial charge in [-0.1, -0.05) is 6.07 Å². The SMILES string of the molecule is CCNC(=NCCOc1cc(C)cc(C)c1)N1CCS(=O)(=O)C(C)(C)C1.I. The quantitative estimate of drug-likeness (QED) is 0.286. The minimum Gasteiger partial charge on any atom is -0.492 e. The van der Waals surface area contributed by atoms with E-state index in [1.54, 1.807) is 13.8 Å². The molecular weight excluding hydrogens is 477 g/mol. The second kappa shape index (κ2) is 9.95. The number of benzene rings is 1. The van der Waals surface area contributed by atoms with E-state index in [0.717, 1.165) is 18.3 Å². The number of hydrogen-bond acceptors (Lipinski definition) is 4. The lowest BCUT2D eigenvalue weighted by Gasteiger charge is -2.39. The number of ether oxygens (including phenoxy) is 1. The zero-order valence-electron chi connectivity index (χ0n) is 16.9. The van der Waals surface area contributed by atoms with Crippen molar-refractivity contribution in [2.24, 2.45) is 4.99 Å². The van der Waals surface area contributed by atoms with Gasteiger partial charge in [0.05, 0.1) is 17.0 Å². The lowest BCUT2D eigenvalue weighted by atomic mass is 10.1. The van der Waals surface area contributed by atoms with Crippen LogP contribution in [0.5, 0.6) is 5.75 Å². The molecule has 1 aliphatic rings. The number of sulfone groups is 1. The Labute approximate surface area is 180 Å². The molecule has 0 amide bonds. The number of nitrogens with one attached hydrogen (secondary N) is 1. The van der Waals surface area contributed by atoms with E-state index in [2.05, 4.69) is 16.4 Å². The molecule has 27 heavy (non-hydrogen) atoms. The first kappa shape index (κ1) is 24.0. The average Bonchev–Trinajstić information content (AvgIpc) is 2.52. The Kier molecular flexibility index (Phi) is 8.85. The second-order valence-corrected chi connectivity index (χ2v) is 10.2. The molecule has 6 nitrogen and oxygen atoms in total. The van der Waals surface area contributed by atoms with Crippen LogP contribution in [0.15, 0.2) is 23.2 Å². The Bertz CT molecular complexity index is 743. The highest BCUT2D eigenvalue weighted by molar-refractivity contribution is 14.0. The number of aliphatic imine (C=N–C) groups is 1. The molecule has 1 N–H and O–H groups in total. The maximum absolute atomic E-state index is 12.2. The number of halogens is 1. The van der Waals surface area contributed by atoms with Gasteiger partial charge in [0.25, 0.3) is 0 Å². The van der Waals surface area contributed by atoms with Gasteiger partial charge in [-0.3, -0.25) is 0 Å². The van der Waals surface area contributed by atoms with Crippen LogP contribution in [-0.4, -0.2) is 62.6 Å². The summed E-state index contributed by atoms with van der Waals surface area (Å²) in [6.07, 6.45) is 0. The standard InChI is InChI=1S/C19H31N3O3S.HI/c1-6-20-18(22-8-10-26(23,24)19(4,5)14-22)21-7-9-25-17-12-15(2)11-16(3)13-17;/h11-13H,6-10,14H2,1-5H3,(H,20,21);1H. The molecule has 1 aliphatic heterocycles. The smallest absolute Gasteiger partial charge is 0.194 e. The van der Waals surface area contributed by atoms with E-state index < -0.39 is 14.6 Å². The molecule has 0 aromatic heterocycles. The second-order valence-electron chi connectivity index (χ2n) is 7.41. The third kappa shape index (κ3) is 6.51. The van der Waals surface area contributed by atoms with Gasteiger partial charge in [0.1, 0.15) is 12.4 Å². The maximum Gasteiger partial charge on any atom is 0.194 e. The topological polar surface area (TPSA) is 71.0 Å². The molecule has 0 unspecified atom stereocenters. The van der Waals surface area contributed by atoms with E-state index in [4.69, 9.17) is 4.74 Å². The van der Waals surface area contributed by atoms with E-state index in [0.29, 0.717) is 26.2 Å². The van der Waals surface area contributed by atoms with Gasteiger partial charge in [-0.15, -0.1) is 24.0 Å². The fourth-order valence-electron chi connectivity index (χ4n) is 3.08. The fourth-order valence-corrected chi connectivity index (χ4v) is 4.45. The van der Waals surface area contributed by atoms with E-state index in [1.165, 1.54) is 11.1 Å². The summed E-state index contributed by atoms with van der Waals surface area (Å²) in [5.74, 6) is 1.76. The van der Waals surface area contributed by atoms with Gasteiger partial charge >= 0.3 is 0 Å². The highest BCUT2D eigenvalue weighted by Gasteiger charge is 2.40. The van der Waals surface area contributed by atoms with Crippen LogP contribution in [0.1, 0.15) is 31.9 Å². The normalized spacial score (nSPS) is 18.6. The predicted molar refractivity (Wildman–Crippen MR) is 122 cm³/mol. The molecule has 1 aromatic carbocycles. The minimum atomic E-state index is -3.06. The van der Waals surface area contributed by atoms with Crippen LogP contribution in [0.3, 0.4) is 0 Å². The summed E-state index contributed by atoms with van der Waals surface area (Å²) >= 11 is 0. The lowest BCUT2D eigenvalue weighted by Crippen LogP contribution is -2.57. The summed E-state index contributed by atoms with van der Waals surface area (Å²) in [6, 6.07) is 6.14. The zero-order valence-corrected chi connectivity index (χ0v) is 20.1. The monoisotopic (exact) mass is 509 g/mol. The van der Waals surface area contributed by atoms with Gasteiger partial charge < -0.3 is 15.0 Å². The van der Waals surface area contributed by atoms with Crippen LogP contribution in [0.25, 0.3) is 0 Å². The predicted octanol–water partition coefficient (Wildman–Crippen LogP) is 2.77. The average molecular weight is 509 g/mol. The number of rotatable bonds is 5. The third-order valence-electron chi connectivity index (χ3n) is 4.49. The Morgan fingerprint density at radius 3 is 2.44 bits per heavy atom. The first-order valence-corrected chi connectivity index (χ1v) is 10.8. The molecule has 0 radical (unpaired) electrons. The highest BCUT2D eigenvalue weighted by Crippen LogP contribution is 2.23. The summed E-state index contributed by atoms with van der Waals surface area (Å²) in [4.78, 5) is 6.65. The molecule has 0 bridgehead atoms. The van der Waals surface area contributed by atoms with Crippen molar-refractivity contribution in [3.63, 3.8) is 0 Å². The molecule has 0 spiro atoms. The summed E-state index contributed by atoms with van der Waals surface area (Å²) in [7, 11) is -3.06. The number of nitrogens with zero attached hydrogens (tertiary/aromatic N) is 2. The molecule has 0 aliphatic carbocycles. The molecule has 8 heteroatoms. The van der Waals surface area contributed by atoms with Crippen molar-refractivity contribution < 1.29 is 13.2 Å². The maximum atomic E-state index is 12.2. The highest BCUT2D eigenvalue weighted by atomic mass is 127. The Morgan fingerprint density at radius 2 is 1.89 bits per heavy atom. The number of hydrogen-bond donors (Lipinski definition) is 1. The fraction of sp³-hybridized carbons (Fsp3) is 0.632. The van der Waals surface area contributed by atoms with Crippen LogP contribution in [0.4, 0.5) is 0 Å². The summed E-state index contributed by atoms with van der Waals surface area (Å²) in [5, 5.41) is 3.26. The van der Waals surface area contributed by atoms with Crippen molar-refractivity contribution in [2.45, 2.75) is 39.4 Å². The lowest BCUT2D eigenvalue weighted by molar-refractivity contribution is 0.323. The largest absolute Gasteiger partial charge is 0.492 e. The van der Waals surface area contributed by atoms with Crippen molar-refractivity contribution in [2.75, 3.05) is 38.5 Å². The van der Waals surface area contributed by atoms with E-state index in [1.807, 2.05) is 37.8 Å². The molecule has 1 saturated heterocycles. The Hall–Kier alpha value is -1.03. The van der Waals surface area contributed by atoms with Crippen LogP contribution >= 0.6 is 24.0 Å².